The lowest BCUT2D eigenvalue weighted by molar-refractivity contribution is -0.141. The Morgan fingerprint density at radius 3 is 2.79 bits per heavy atom. The smallest absolute Gasteiger partial charge is 0.267 e. The average Bonchev–Trinajstić information content (AvgIpc) is 3.04. The maximum atomic E-state index is 12.5. The Kier molecular flexibility index (Phi) is 5.48. The first-order valence-corrected chi connectivity index (χ1v) is 8.56. The van der Waals surface area contributed by atoms with Crippen molar-refractivity contribution in [2.75, 3.05) is 39.4 Å². The lowest BCUT2D eigenvalue weighted by Gasteiger charge is -2.26. The quantitative estimate of drug-likeness (QED) is 0.801. The fourth-order valence-corrected chi connectivity index (χ4v) is 2.96. The molecule has 24 heavy (non-hydrogen) atoms. The van der Waals surface area contributed by atoms with Crippen molar-refractivity contribution in [3.63, 3.8) is 0 Å². The number of nitrogens with one attached hydrogen (secondary N) is 1. The second kappa shape index (κ2) is 7.77. The van der Waals surface area contributed by atoms with Crippen LogP contribution in [0.25, 0.3) is 0 Å². The van der Waals surface area contributed by atoms with Crippen LogP contribution in [0.2, 0.25) is 0 Å². The summed E-state index contributed by atoms with van der Waals surface area (Å²) in [6.45, 7) is 6.98. The van der Waals surface area contributed by atoms with Crippen LogP contribution in [0.5, 0.6) is 0 Å². The summed E-state index contributed by atoms with van der Waals surface area (Å²) in [5, 5.41) is 7.10. The fraction of sp³-hybridized carbons (Fsp3) is 0.556. The van der Waals surface area contributed by atoms with Crippen molar-refractivity contribution in [2.24, 2.45) is 5.16 Å². The molecular formula is C18H25N3O3. The van der Waals surface area contributed by atoms with E-state index in [1.807, 2.05) is 30.3 Å². The zero-order valence-electron chi connectivity index (χ0n) is 14.2. The van der Waals surface area contributed by atoms with Crippen LogP contribution in [-0.4, -0.2) is 61.5 Å². The molecule has 0 bridgehead atoms. The zero-order chi connectivity index (χ0) is 16.8. The Balaban J connectivity index is 1.42. The number of morpholine rings is 1. The first kappa shape index (κ1) is 16.9. The first-order valence-electron chi connectivity index (χ1n) is 8.56. The second-order valence-electron chi connectivity index (χ2n) is 6.47. The molecule has 0 aliphatic carbocycles. The molecule has 0 saturated carbocycles. The SMILES string of the molecule is C[C@]1(C(=O)NCCCN2CCOCC2)CC(c2ccccc2)=NO1. The molecule has 0 radical (unpaired) electrons. The molecule has 2 heterocycles. The average molecular weight is 331 g/mol. The minimum Gasteiger partial charge on any atom is -0.379 e. The lowest BCUT2D eigenvalue weighted by atomic mass is 9.95. The minimum atomic E-state index is -0.913. The molecule has 6 nitrogen and oxygen atoms in total. The van der Waals surface area contributed by atoms with E-state index in [-0.39, 0.29) is 5.91 Å². The molecule has 0 unspecified atom stereocenters. The molecular weight excluding hydrogens is 306 g/mol. The number of oxime groups is 1. The van der Waals surface area contributed by atoms with E-state index in [0.717, 1.165) is 50.5 Å². The summed E-state index contributed by atoms with van der Waals surface area (Å²) < 4.78 is 5.33. The van der Waals surface area contributed by atoms with Crippen LogP contribution in [0.1, 0.15) is 25.3 Å². The minimum absolute atomic E-state index is 0.0980. The summed E-state index contributed by atoms with van der Waals surface area (Å²) in [4.78, 5) is 20.3. The second-order valence-corrected chi connectivity index (χ2v) is 6.47. The Morgan fingerprint density at radius 2 is 2.04 bits per heavy atom. The van der Waals surface area contributed by atoms with Gasteiger partial charge in [-0.15, -0.1) is 0 Å². The molecule has 0 spiro atoms. The summed E-state index contributed by atoms with van der Waals surface area (Å²) in [7, 11) is 0. The number of rotatable bonds is 6. The van der Waals surface area contributed by atoms with E-state index in [4.69, 9.17) is 9.57 Å². The van der Waals surface area contributed by atoms with E-state index in [1.54, 1.807) is 6.92 Å². The highest BCUT2D eigenvalue weighted by molar-refractivity contribution is 6.05. The van der Waals surface area contributed by atoms with Gasteiger partial charge in [-0.25, -0.2) is 0 Å². The highest BCUT2D eigenvalue weighted by Gasteiger charge is 2.41. The number of ether oxygens (including phenoxy) is 1. The van der Waals surface area contributed by atoms with Crippen molar-refractivity contribution >= 4 is 11.6 Å². The summed E-state index contributed by atoms with van der Waals surface area (Å²) in [5.74, 6) is -0.0980. The molecule has 1 aromatic rings. The third-order valence-corrected chi connectivity index (χ3v) is 4.49. The predicted molar refractivity (Wildman–Crippen MR) is 92.0 cm³/mol. The van der Waals surface area contributed by atoms with Gasteiger partial charge in [-0.1, -0.05) is 35.5 Å². The normalized spacial score (nSPS) is 24.3. The maximum Gasteiger partial charge on any atom is 0.267 e. The van der Waals surface area contributed by atoms with Gasteiger partial charge in [-0.2, -0.15) is 0 Å². The van der Waals surface area contributed by atoms with Crippen LogP contribution in [-0.2, 0) is 14.4 Å². The number of carbonyl (C=O) groups excluding carboxylic acids is 1. The number of amides is 1. The molecule has 0 aromatic heterocycles. The van der Waals surface area contributed by atoms with Gasteiger partial charge in [0, 0.05) is 26.1 Å². The summed E-state index contributed by atoms with van der Waals surface area (Å²) in [6.07, 6.45) is 1.42. The van der Waals surface area contributed by atoms with E-state index in [1.165, 1.54) is 0 Å². The van der Waals surface area contributed by atoms with Crippen LogP contribution < -0.4 is 5.32 Å². The van der Waals surface area contributed by atoms with E-state index in [2.05, 4.69) is 15.4 Å². The van der Waals surface area contributed by atoms with Crippen LogP contribution in [0, 0.1) is 0 Å². The molecule has 6 heteroatoms. The van der Waals surface area contributed by atoms with Gasteiger partial charge >= 0.3 is 0 Å². The van der Waals surface area contributed by atoms with Gasteiger partial charge in [-0.05, 0) is 25.5 Å². The molecule has 130 valence electrons. The molecule has 1 atom stereocenters. The van der Waals surface area contributed by atoms with E-state index >= 15 is 0 Å². The number of nitrogens with zero attached hydrogens (tertiary/aromatic N) is 2. The van der Waals surface area contributed by atoms with Crippen molar-refractivity contribution in [3.8, 4) is 0 Å². The number of carbonyl (C=O) groups is 1. The number of hydrogen-bond acceptors (Lipinski definition) is 5. The Hall–Kier alpha value is -1.92. The molecule has 1 amide bonds. The number of benzene rings is 1. The summed E-state index contributed by atoms with van der Waals surface area (Å²) in [6, 6.07) is 9.83. The third kappa shape index (κ3) is 4.13. The van der Waals surface area contributed by atoms with Crippen molar-refractivity contribution in [2.45, 2.75) is 25.4 Å². The van der Waals surface area contributed by atoms with Crippen LogP contribution in [0.3, 0.4) is 0 Å². The first-order chi connectivity index (χ1) is 11.7. The van der Waals surface area contributed by atoms with Gasteiger partial charge < -0.3 is 14.9 Å². The molecule has 1 saturated heterocycles. The van der Waals surface area contributed by atoms with Crippen molar-refractivity contribution < 1.29 is 14.4 Å². The maximum absolute atomic E-state index is 12.5. The van der Waals surface area contributed by atoms with Gasteiger partial charge in [0.1, 0.15) is 0 Å². The lowest BCUT2D eigenvalue weighted by Crippen LogP contribution is -2.45. The monoisotopic (exact) mass is 331 g/mol. The summed E-state index contributed by atoms with van der Waals surface area (Å²) >= 11 is 0. The van der Waals surface area contributed by atoms with Crippen molar-refractivity contribution in [3.05, 3.63) is 35.9 Å². The van der Waals surface area contributed by atoms with Crippen LogP contribution in [0.15, 0.2) is 35.5 Å². The fourth-order valence-electron chi connectivity index (χ4n) is 2.96. The highest BCUT2D eigenvalue weighted by atomic mass is 16.7. The molecule has 2 aliphatic rings. The van der Waals surface area contributed by atoms with Gasteiger partial charge in [0.2, 0.25) is 5.60 Å². The standard InChI is InChI=1S/C18H25N3O3/c1-18(14-16(20-24-18)15-6-3-2-4-7-15)17(22)19-8-5-9-21-10-12-23-13-11-21/h2-4,6-7H,5,8-14H2,1H3,(H,19,22)/t18-/m1/s1. The largest absolute Gasteiger partial charge is 0.379 e. The Bertz CT molecular complexity index is 584. The van der Waals surface area contributed by atoms with Gasteiger partial charge in [0.05, 0.1) is 18.9 Å². The Morgan fingerprint density at radius 1 is 1.29 bits per heavy atom. The van der Waals surface area contributed by atoms with Crippen molar-refractivity contribution in [1.82, 2.24) is 10.2 Å². The van der Waals surface area contributed by atoms with Crippen LogP contribution in [0.4, 0.5) is 0 Å². The molecule has 1 N–H and O–H groups in total. The summed E-state index contributed by atoms with van der Waals surface area (Å²) in [5.41, 5.74) is 0.910. The van der Waals surface area contributed by atoms with E-state index in [9.17, 15) is 4.79 Å². The van der Waals surface area contributed by atoms with Crippen LogP contribution >= 0.6 is 0 Å². The van der Waals surface area contributed by atoms with Gasteiger partial charge in [0.15, 0.2) is 0 Å². The molecule has 2 aliphatic heterocycles. The highest BCUT2D eigenvalue weighted by Crippen LogP contribution is 2.26. The van der Waals surface area contributed by atoms with E-state index in [0.29, 0.717) is 13.0 Å². The topological polar surface area (TPSA) is 63.2 Å². The Labute approximate surface area is 142 Å². The van der Waals surface area contributed by atoms with Gasteiger partial charge in [-0.3, -0.25) is 9.69 Å². The third-order valence-electron chi connectivity index (χ3n) is 4.49. The van der Waals surface area contributed by atoms with Crippen molar-refractivity contribution in [1.29, 1.82) is 0 Å². The zero-order valence-corrected chi connectivity index (χ0v) is 14.2. The number of hydrogen-bond donors (Lipinski definition) is 1. The van der Waals surface area contributed by atoms with Gasteiger partial charge in [0.25, 0.3) is 5.91 Å². The molecule has 3 rings (SSSR count). The molecule has 1 aromatic carbocycles. The molecule has 1 fully saturated rings. The predicted octanol–water partition coefficient (Wildman–Crippen LogP) is 1.41. The van der Waals surface area contributed by atoms with E-state index < -0.39 is 5.60 Å².